The molecule has 2 aromatic carbocycles. The van der Waals surface area contributed by atoms with Gasteiger partial charge in [-0.25, -0.2) is 0 Å². The Morgan fingerprint density at radius 3 is 2.65 bits per heavy atom. The summed E-state index contributed by atoms with van der Waals surface area (Å²) in [5.74, 6) is 0.397. The number of fused-ring (bicyclic) bond motifs is 1. The van der Waals surface area contributed by atoms with Gasteiger partial charge in [0, 0.05) is 17.0 Å². The monoisotopic (exact) mass is 374 g/mol. The van der Waals surface area contributed by atoms with Crippen LogP contribution in [-0.4, -0.2) is 16.7 Å². The first-order valence-corrected chi connectivity index (χ1v) is 9.06. The van der Waals surface area contributed by atoms with Gasteiger partial charge in [-0.1, -0.05) is 30.7 Å². The van der Waals surface area contributed by atoms with Crippen molar-refractivity contribution in [3.8, 4) is 11.5 Å². The molecule has 26 heavy (non-hydrogen) atoms. The van der Waals surface area contributed by atoms with Crippen molar-refractivity contribution in [1.29, 1.82) is 0 Å². The molecule has 5 heteroatoms. The molecule has 138 valence electrons. The average Bonchev–Trinajstić information content (AvgIpc) is 2.87. The van der Waals surface area contributed by atoms with Gasteiger partial charge in [-0.05, 0) is 55.7 Å². The van der Waals surface area contributed by atoms with Crippen LogP contribution in [0.5, 0.6) is 11.5 Å². The van der Waals surface area contributed by atoms with Gasteiger partial charge in [-0.15, -0.1) is 0 Å². The zero-order chi connectivity index (χ0) is 18.9. The molecular formula is C21H23ClO4. The van der Waals surface area contributed by atoms with Crippen LogP contribution < -0.4 is 9.47 Å². The summed E-state index contributed by atoms with van der Waals surface area (Å²) in [5.41, 5.74) is 2.78. The van der Waals surface area contributed by atoms with Crippen molar-refractivity contribution in [3.63, 3.8) is 0 Å². The molecule has 0 saturated heterocycles. The summed E-state index contributed by atoms with van der Waals surface area (Å²) in [7, 11) is 0. The maximum atomic E-state index is 10.9. The van der Waals surface area contributed by atoms with Crippen LogP contribution in [0, 0.1) is 5.92 Å². The number of benzene rings is 2. The topological polar surface area (TPSA) is 55.8 Å². The molecule has 0 bridgehead atoms. The highest BCUT2D eigenvalue weighted by atomic mass is 35.5. The van der Waals surface area contributed by atoms with Crippen molar-refractivity contribution < 1.29 is 19.4 Å². The summed E-state index contributed by atoms with van der Waals surface area (Å²) in [4.78, 5) is 10.9. The molecule has 1 heterocycles. The number of halogens is 1. The van der Waals surface area contributed by atoms with Crippen molar-refractivity contribution in [2.45, 2.75) is 45.8 Å². The van der Waals surface area contributed by atoms with Gasteiger partial charge in [0.15, 0.2) is 0 Å². The molecule has 1 N–H and O–H groups in total. The van der Waals surface area contributed by atoms with E-state index in [-0.39, 0.29) is 5.60 Å². The molecule has 1 unspecified atom stereocenters. The molecule has 3 rings (SSSR count). The molecule has 0 spiro atoms. The van der Waals surface area contributed by atoms with Crippen molar-refractivity contribution in [1.82, 2.24) is 0 Å². The first-order valence-electron chi connectivity index (χ1n) is 8.68. The lowest BCUT2D eigenvalue weighted by molar-refractivity contribution is -0.141. The van der Waals surface area contributed by atoms with Gasteiger partial charge in [-0.3, -0.25) is 4.79 Å². The molecule has 2 aromatic rings. The van der Waals surface area contributed by atoms with E-state index in [1.54, 1.807) is 6.92 Å². The van der Waals surface area contributed by atoms with E-state index >= 15 is 0 Å². The number of hydrogen-bond donors (Lipinski definition) is 1. The molecule has 0 fully saturated rings. The fraction of sp³-hybridized carbons (Fsp3) is 0.381. The lowest BCUT2D eigenvalue weighted by Gasteiger charge is -2.18. The molecule has 1 atom stereocenters. The average molecular weight is 375 g/mol. The van der Waals surface area contributed by atoms with Gasteiger partial charge >= 0.3 is 5.97 Å². The third-order valence-corrected chi connectivity index (χ3v) is 4.70. The number of carbonyl (C=O) groups is 1. The zero-order valence-electron chi connectivity index (χ0n) is 15.2. The van der Waals surface area contributed by atoms with Crippen molar-refractivity contribution in [2.24, 2.45) is 5.92 Å². The summed E-state index contributed by atoms with van der Waals surface area (Å²) in [6, 6.07) is 11.4. The Morgan fingerprint density at radius 2 is 2.00 bits per heavy atom. The molecule has 1 aliphatic heterocycles. The highest BCUT2D eigenvalue weighted by Gasteiger charge is 2.32. The fourth-order valence-corrected chi connectivity index (χ4v) is 3.44. The Kier molecular flexibility index (Phi) is 5.15. The summed E-state index contributed by atoms with van der Waals surface area (Å²) < 4.78 is 12.0. The van der Waals surface area contributed by atoms with Crippen LogP contribution in [-0.2, 0) is 24.2 Å². The molecule has 0 aromatic heterocycles. The van der Waals surface area contributed by atoms with Crippen LogP contribution in [0.2, 0.25) is 5.02 Å². The van der Waals surface area contributed by atoms with Gasteiger partial charge in [0.05, 0.1) is 5.92 Å². The number of rotatable bonds is 6. The molecule has 0 radical (unpaired) electrons. The van der Waals surface area contributed by atoms with Crippen molar-refractivity contribution in [3.05, 3.63) is 58.1 Å². The minimum atomic E-state index is -0.789. The molecule has 0 aliphatic carbocycles. The van der Waals surface area contributed by atoms with Crippen LogP contribution in [0.4, 0.5) is 0 Å². The number of carboxylic acids is 1. The Labute approximate surface area is 158 Å². The SMILES string of the molecule is CC(Cc1ccc(OCc2cc(Cl)cc3c2OC(C)(C)C3)cc1)C(=O)O. The van der Waals surface area contributed by atoms with Crippen LogP contribution in [0.3, 0.4) is 0 Å². The van der Waals surface area contributed by atoms with Gasteiger partial charge in [-0.2, -0.15) is 0 Å². The maximum absolute atomic E-state index is 10.9. The van der Waals surface area contributed by atoms with Crippen molar-refractivity contribution in [2.75, 3.05) is 0 Å². The minimum absolute atomic E-state index is 0.232. The van der Waals surface area contributed by atoms with E-state index in [9.17, 15) is 4.79 Å². The third kappa shape index (κ3) is 4.31. The summed E-state index contributed by atoms with van der Waals surface area (Å²) >= 11 is 6.24. The Balaban J connectivity index is 1.68. The van der Waals surface area contributed by atoms with E-state index < -0.39 is 11.9 Å². The molecule has 4 nitrogen and oxygen atoms in total. The highest BCUT2D eigenvalue weighted by Crippen LogP contribution is 2.40. The van der Waals surface area contributed by atoms with E-state index in [0.717, 1.165) is 34.6 Å². The molecular weight excluding hydrogens is 352 g/mol. The zero-order valence-corrected chi connectivity index (χ0v) is 16.0. The summed E-state index contributed by atoms with van der Waals surface area (Å²) in [6.45, 7) is 6.18. The Bertz CT molecular complexity index is 812. The second kappa shape index (κ2) is 7.20. The number of aliphatic carboxylic acids is 1. The van der Waals surface area contributed by atoms with E-state index in [1.165, 1.54) is 0 Å². The summed E-state index contributed by atoms with van der Waals surface area (Å²) in [6.07, 6.45) is 1.33. The summed E-state index contributed by atoms with van der Waals surface area (Å²) in [5, 5.41) is 9.68. The van der Waals surface area contributed by atoms with Crippen LogP contribution in [0.1, 0.15) is 37.5 Å². The Hall–Kier alpha value is -2.20. The second-order valence-electron chi connectivity index (χ2n) is 7.47. The highest BCUT2D eigenvalue weighted by molar-refractivity contribution is 6.30. The first-order chi connectivity index (χ1) is 12.2. The standard InChI is InChI=1S/C21H23ClO4/c1-13(20(23)24)8-14-4-6-18(7-5-14)25-12-16-10-17(22)9-15-11-21(2,3)26-19(15)16/h4-7,9-10,13H,8,11-12H2,1-3H3,(H,23,24). The molecule has 0 saturated carbocycles. The smallest absolute Gasteiger partial charge is 0.306 e. The minimum Gasteiger partial charge on any atom is -0.489 e. The van der Waals surface area contributed by atoms with Gasteiger partial charge in [0.25, 0.3) is 0 Å². The largest absolute Gasteiger partial charge is 0.489 e. The van der Waals surface area contributed by atoms with Crippen LogP contribution in [0.25, 0.3) is 0 Å². The third-order valence-electron chi connectivity index (χ3n) is 4.48. The van der Waals surface area contributed by atoms with E-state index in [0.29, 0.717) is 18.1 Å². The Morgan fingerprint density at radius 1 is 1.31 bits per heavy atom. The molecule has 0 amide bonds. The number of hydrogen-bond acceptors (Lipinski definition) is 3. The lowest BCUT2D eigenvalue weighted by atomic mass is 10.0. The predicted octanol–water partition coefficient (Wildman–Crippen LogP) is 4.90. The van der Waals surface area contributed by atoms with Gasteiger partial charge in [0.2, 0.25) is 0 Å². The number of carboxylic acid groups (broad SMARTS) is 1. The van der Waals surface area contributed by atoms with E-state index in [2.05, 4.69) is 13.8 Å². The van der Waals surface area contributed by atoms with Gasteiger partial charge in [0.1, 0.15) is 23.7 Å². The van der Waals surface area contributed by atoms with E-state index in [4.69, 9.17) is 26.2 Å². The lowest BCUT2D eigenvalue weighted by Crippen LogP contribution is -2.25. The predicted molar refractivity (Wildman–Crippen MR) is 101 cm³/mol. The fourth-order valence-electron chi connectivity index (χ4n) is 3.18. The quantitative estimate of drug-likeness (QED) is 0.781. The second-order valence-corrected chi connectivity index (χ2v) is 7.90. The van der Waals surface area contributed by atoms with Crippen molar-refractivity contribution >= 4 is 17.6 Å². The molecule has 1 aliphatic rings. The van der Waals surface area contributed by atoms with Crippen LogP contribution in [0.15, 0.2) is 36.4 Å². The van der Waals surface area contributed by atoms with Gasteiger partial charge < -0.3 is 14.6 Å². The maximum Gasteiger partial charge on any atom is 0.306 e. The first kappa shape index (κ1) is 18.6. The van der Waals surface area contributed by atoms with E-state index in [1.807, 2.05) is 36.4 Å². The van der Waals surface area contributed by atoms with Crippen LogP contribution >= 0.6 is 11.6 Å². The normalized spacial score (nSPS) is 15.8. The number of ether oxygens (including phenoxy) is 2.